The highest BCUT2D eigenvalue weighted by atomic mass is 31.2. The van der Waals surface area contributed by atoms with Crippen molar-refractivity contribution in [3.8, 4) is 0 Å². The van der Waals surface area contributed by atoms with Crippen LogP contribution in [0.15, 0.2) is 36.3 Å². The Bertz CT molecular complexity index is 955. The van der Waals surface area contributed by atoms with Crippen LogP contribution >= 0.6 is 7.82 Å². The minimum absolute atomic E-state index is 0.0247. The molecule has 3 heterocycles. The molecule has 10 heteroatoms. The quantitative estimate of drug-likeness (QED) is 0.507. The van der Waals surface area contributed by atoms with Crippen molar-refractivity contribution in [2.75, 3.05) is 6.61 Å². The smallest absolute Gasteiger partial charge is 0.349 e. The lowest BCUT2D eigenvalue weighted by atomic mass is 9.87. The molecule has 1 aromatic rings. The van der Waals surface area contributed by atoms with Crippen molar-refractivity contribution in [2.45, 2.75) is 64.1 Å². The molecule has 4 rings (SSSR count). The van der Waals surface area contributed by atoms with Crippen LogP contribution in [-0.2, 0) is 44.5 Å². The highest BCUT2D eigenvalue weighted by Crippen LogP contribution is 2.56. The Labute approximate surface area is 179 Å². The number of carbonyl (C=O) groups excluding carboxylic acids is 2. The Morgan fingerprint density at radius 2 is 1.90 bits per heavy atom. The standard InChI is InChI=1S/C21H25FNO7P/c1-21(2,3)14-6-4-13(5-7-14)11-27-31(26)28-12-18-17(30-31)9-20(29-18)23-10-15(22)16(24)8-19(23)25/h4-7,10,17-18,20H,8-9,11-12H2,1-3H3/t17-,18+,20+,31?/m0/s1. The molecule has 2 saturated heterocycles. The zero-order valence-electron chi connectivity index (χ0n) is 17.6. The summed E-state index contributed by atoms with van der Waals surface area (Å²) < 4.78 is 48.6. The van der Waals surface area contributed by atoms with E-state index in [0.29, 0.717) is 0 Å². The van der Waals surface area contributed by atoms with E-state index in [0.717, 1.165) is 16.7 Å². The van der Waals surface area contributed by atoms with Gasteiger partial charge in [0.25, 0.3) is 0 Å². The Kier molecular flexibility index (Phi) is 5.91. The predicted octanol–water partition coefficient (Wildman–Crippen LogP) is 3.75. The molecule has 0 spiro atoms. The first-order valence-electron chi connectivity index (χ1n) is 10.1. The van der Waals surface area contributed by atoms with Crippen LogP contribution < -0.4 is 0 Å². The number of phosphoric acid groups is 1. The summed E-state index contributed by atoms with van der Waals surface area (Å²) in [6.07, 6.45) is -1.61. The number of hydrogen-bond acceptors (Lipinski definition) is 7. The number of carbonyl (C=O) groups is 2. The number of rotatable bonds is 4. The van der Waals surface area contributed by atoms with E-state index in [1.165, 1.54) is 5.56 Å². The van der Waals surface area contributed by atoms with Crippen LogP contribution in [-0.4, -0.2) is 41.6 Å². The second-order valence-electron chi connectivity index (χ2n) is 8.85. The van der Waals surface area contributed by atoms with Gasteiger partial charge in [-0.1, -0.05) is 45.0 Å². The van der Waals surface area contributed by atoms with Gasteiger partial charge >= 0.3 is 7.82 Å². The molecule has 3 aliphatic heterocycles. The maximum atomic E-state index is 13.6. The van der Waals surface area contributed by atoms with E-state index in [1.807, 2.05) is 24.3 Å². The molecular weight excluding hydrogens is 428 g/mol. The summed E-state index contributed by atoms with van der Waals surface area (Å²) in [6.45, 7) is 6.35. The number of hydrogen-bond donors (Lipinski definition) is 0. The van der Waals surface area contributed by atoms with E-state index in [-0.39, 0.29) is 25.0 Å². The minimum Gasteiger partial charge on any atom is -0.349 e. The Morgan fingerprint density at radius 1 is 1.19 bits per heavy atom. The second kappa shape index (κ2) is 8.22. The molecule has 0 N–H and O–H groups in total. The highest BCUT2D eigenvalue weighted by molar-refractivity contribution is 7.48. The van der Waals surface area contributed by atoms with Crippen LogP contribution in [0.25, 0.3) is 0 Å². The monoisotopic (exact) mass is 453 g/mol. The maximum absolute atomic E-state index is 13.6. The summed E-state index contributed by atoms with van der Waals surface area (Å²) in [7, 11) is -3.82. The summed E-state index contributed by atoms with van der Waals surface area (Å²) >= 11 is 0. The summed E-state index contributed by atoms with van der Waals surface area (Å²) in [5.41, 5.74) is 2.02. The SMILES string of the molecule is CC(C)(C)c1ccc(COP2(=O)OC[C@H]3O[C@@H](N4C=C(F)C(=O)CC4=O)C[C@@H]3O2)cc1. The maximum Gasteiger partial charge on any atom is 0.475 e. The molecule has 2 fully saturated rings. The number of halogens is 1. The van der Waals surface area contributed by atoms with Crippen molar-refractivity contribution in [3.05, 3.63) is 47.4 Å². The number of Topliss-reactive ketones (excluding diaryl/α,β-unsaturated/α-hetero) is 1. The van der Waals surface area contributed by atoms with Gasteiger partial charge in [-0.15, -0.1) is 0 Å². The topological polar surface area (TPSA) is 91.4 Å². The first kappa shape index (κ1) is 22.3. The number of nitrogens with zero attached hydrogens (tertiary/aromatic N) is 1. The van der Waals surface area contributed by atoms with Gasteiger partial charge in [0.2, 0.25) is 11.7 Å². The molecule has 0 saturated carbocycles. The van der Waals surface area contributed by atoms with Crippen LogP contribution in [0, 0.1) is 0 Å². The summed E-state index contributed by atoms with van der Waals surface area (Å²) in [5, 5.41) is 0. The third-order valence-electron chi connectivity index (χ3n) is 5.48. The Balaban J connectivity index is 1.36. The van der Waals surface area contributed by atoms with E-state index in [2.05, 4.69) is 20.8 Å². The fraction of sp³-hybridized carbons (Fsp3) is 0.524. The molecule has 168 valence electrons. The summed E-state index contributed by atoms with van der Waals surface area (Å²) in [5.74, 6) is -2.42. The summed E-state index contributed by atoms with van der Waals surface area (Å²) in [6, 6.07) is 7.79. The lowest BCUT2D eigenvalue weighted by Crippen LogP contribution is -2.40. The van der Waals surface area contributed by atoms with Crippen molar-refractivity contribution in [2.24, 2.45) is 0 Å². The van der Waals surface area contributed by atoms with Crippen LogP contribution in [0.4, 0.5) is 4.39 Å². The van der Waals surface area contributed by atoms with Gasteiger partial charge in [-0.05, 0) is 16.5 Å². The number of allylic oxidation sites excluding steroid dienone is 1. The van der Waals surface area contributed by atoms with Crippen molar-refractivity contribution >= 4 is 19.5 Å². The molecule has 4 atom stereocenters. The largest absolute Gasteiger partial charge is 0.475 e. The van der Waals surface area contributed by atoms with E-state index >= 15 is 0 Å². The molecule has 1 unspecified atom stereocenters. The van der Waals surface area contributed by atoms with Gasteiger partial charge in [0.1, 0.15) is 18.4 Å². The highest BCUT2D eigenvalue weighted by Gasteiger charge is 2.49. The van der Waals surface area contributed by atoms with Crippen molar-refractivity contribution < 1.29 is 36.9 Å². The van der Waals surface area contributed by atoms with Crippen molar-refractivity contribution in [1.82, 2.24) is 4.90 Å². The predicted molar refractivity (Wildman–Crippen MR) is 107 cm³/mol. The first-order chi connectivity index (χ1) is 14.5. The van der Waals surface area contributed by atoms with E-state index in [4.69, 9.17) is 18.3 Å². The van der Waals surface area contributed by atoms with E-state index in [9.17, 15) is 18.5 Å². The van der Waals surface area contributed by atoms with Crippen LogP contribution in [0.3, 0.4) is 0 Å². The molecular formula is C21H25FNO7P. The number of ketones is 1. The van der Waals surface area contributed by atoms with Crippen molar-refractivity contribution in [3.63, 3.8) is 0 Å². The zero-order chi connectivity index (χ0) is 22.4. The average molecular weight is 453 g/mol. The first-order valence-corrected chi connectivity index (χ1v) is 11.5. The Morgan fingerprint density at radius 3 is 2.58 bits per heavy atom. The Hall–Kier alpha value is -1.90. The third kappa shape index (κ3) is 4.81. The molecule has 8 nitrogen and oxygen atoms in total. The number of amides is 1. The molecule has 1 amide bonds. The number of fused-ring (bicyclic) bond motifs is 1. The number of phosphoric ester groups is 1. The van der Waals surface area contributed by atoms with Gasteiger partial charge in [0, 0.05) is 12.6 Å². The van der Waals surface area contributed by atoms with Gasteiger partial charge < -0.3 is 4.74 Å². The lowest BCUT2D eigenvalue weighted by Gasteiger charge is -2.30. The van der Waals surface area contributed by atoms with Gasteiger partial charge in [0.15, 0.2) is 5.83 Å². The van der Waals surface area contributed by atoms with Crippen molar-refractivity contribution in [1.29, 1.82) is 0 Å². The average Bonchev–Trinajstić information content (AvgIpc) is 3.11. The van der Waals surface area contributed by atoms with E-state index < -0.39 is 50.2 Å². The second-order valence-corrected chi connectivity index (χ2v) is 10.5. The zero-order valence-corrected chi connectivity index (χ0v) is 18.5. The normalized spacial score (nSPS) is 31.5. The van der Waals surface area contributed by atoms with Crippen LogP contribution in [0.5, 0.6) is 0 Å². The number of benzene rings is 1. The molecule has 3 aliphatic rings. The van der Waals surface area contributed by atoms with Gasteiger partial charge in [-0.3, -0.25) is 28.1 Å². The third-order valence-corrected chi connectivity index (χ3v) is 6.92. The van der Waals surface area contributed by atoms with Crippen LogP contribution in [0.1, 0.15) is 44.7 Å². The van der Waals surface area contributed by atoms with Gasteiger partial charge in [-0.2, -0.15) is 0 Å². The lowest BCUT2D eigenvalue weighted by molar-refractivity contribution is -0.146. The molecule has 31 heavy (non-hydrogen) atoms. The molecule has 1 aromatic carbocycles. The number of ether oxygens (including phenoxy) is 1. The fourth-order valence-electron chi connectivity index (χ4n) is 3.64. The fourth-order valence-corrected chi connectivity index (χ4v) is 5.02. The van der Waals surface area contributed by atoms with E-state index in [1.54, 1.807) is 0 Å². The molecule has 0 aliphatic carbocycles. The summed E-state index contributed by atoms with van der Waals surface area (Å²) in [4.78, 5) is 24.4. The molecule has 0 bridgehead atoms. The van der Waals surface area contributed by atoms with Crippen LogP contribution in [0.2, 0.25) is 0 Å². The van der Waals surface area contributed by atoms with Gasteiger partial charge in [0.05, 0.1) is 19.6 Å². The molecule has 0 aromatic heterocycles. The minimum atomic E-state index is -3.82. The molecule has 0 radical (unpaired) electrons. The van der Waals surface area contributed by atoms with Gasteiger partial charge in [-0.25, -0.2) is 8.96 Å².